The minimum atomic E-state index is -3.44. The molecule has 0 saturated heterocycles. The van der Waals surface area contributed by atoms with E-state index in [9.17, 15) is 8.42 Å². The first kappa shape index (κ1) is 11.5. The maximum Gasteiger partial charge on any atom is 0.204 e. The van der Waals surface area contributed by atoms with Crippen LogP contribution in [0.3, 0.4) is 0 Å². The Morgan fingerprint density at radius 2 is 2.14 bits per heavy atom. The first-order chi connectivity index (χ1) is 6.47. The number of nitrogen functional groups attached to an aromatic ring is 1. The highest BCUT2D eigenvalue weighted by Gasteiger charge is 2.17. The molecule has 0 heterocycles. The van der Waals surface area contributed by atoms with Gasteiger partial charge in [-0.25, -0.2) is 8.42 Å². The van der Waals surface area contributed by atoms with Crippen molar-refractivity contribution in [2.24, 2.45) is 0 Å². The quantitative estimate of drug-likeness (QED) is 0.850. The molecule has 14 heavy (non-hydrogen) atoms. The molecule has 0 aromatic heterocycles. The summed E-state index contributed by atoms with van der Waals surface area (Å²) in [5.74, 6) is -0.367. The number of nitrogens with two attached hydrogens (primary N) is 1. The Morgan fingerprint density at radius 1 is 1.50 bits per heavy atom. The molecule has 0 bridgehead atoms. The molecule has 4 nitrogen and oxygen atoms in total. The predicted octanol–water partition coefficient (Wildman–Crippen LogP) is 1.41. The van der Waals surface area contributed by atoms with Gasteiger partial charge in [-0.3, -0.25) is 0 Å². The molecule has 0 saturated carbocycles. The van der Waals surface area contributed by atoms with Crippen molar-refractivity contribution in [3.05, 3.63) is 22.7 Å². The Balaban J connectivity index is 3.25. The van der Waals surface area contributed by atoms with Crippen molar-refractivity contribution in [2.75, 3.05) is 18.8 Å². The molecule has 0 fully saturated rings. The fourth-order valence-electron chi connectivity index (χ4n) is 0.996. The summed E-state index contributed by atoms with van der Waals surface area (Å²) in [6.07, 6.45) is 0. The van der Waals surface area contributed by atoms with Crippen LogP contribution in [-0.4, -0.2) is 21.5 Å². The number of rotatable bonds is 3. The average molecular weight is 280 g/mol. The molecule has 0 unspecified atom stereocenters. The van der Waals surface area contributed by atoms with Gasteiger partial charge in [0.15, 0.2) is 5.94 Å². The lowest BCUT2D eigenvalue weighted by Gasteiger charge is -2.06. The Hall–Kier alpha value is -0.590. The third-order valence-electron chi connectivity index (χ3n) is 1.58. The molecule has 0 radical (unpaired) electrons. The van der Waals surface area contributed by atoms with Crippen LogP contribution in [0.25, 0.3) is 0 Å². The Bertz CT molecular complexity index is 430. The molecule has 0 aliphatic heterocycles. The summed E-state index contributed by atoms with van der Waals surface area (Å²) < 4.78 is 28.4. The SMILES string of the molecule is COCS(=O)(=O)c1cc(Br)ccc1N. The van der Waals surface area contributed by atoms with E-state index in [4.69, 9.17) is 5.73 Å². The molecule has 1 aromatic carbocycles. The van der Waals surface area contributed by atoms with Gasteiger partial charge in [0, 0.05) is 11.6 Å². The number of hydrogen-bond acceptors (Lipinski definition) is 4. The maximum absolute atomic E-state index is 11.6. The molecule has 78 valence electrons. The largest absolute Gasteiger partial charge is 0.398 e. The zero-order chi connectivity index (χ0) is 10.8. The van der Waals surface area contributed by atoms with Gasteiger partial charge in [-0.1, -0.05) is 15.9 Å². The number of benzene rings is 1. The molecule has 0 amide bonds. The summed E-state index contributed by atoms with van der Waals surface area (Å²) in [5.41, 5.74) is 5.78. The lowest BCUT2D eigenvalue weighted by Crippen LogP contribution is -2.10. The van der Waals surface area contributed by atoms with Crippen molar-refractivity contribution in [3.63, 3.8) is 0 Å². The zero-order valence-electron chi connectivity index (χ0n) is 7.53. The minimum Gasteiger partial charge on any atom is -0.398 e. The van der Waals surface area contributed by atoms with Crippen LogP contribution in [0.4, 0.5) is 5.69 Å². The molecule has 0 aliphatic rings. The number of anilines is 1. The van der Waals surface area contributed by atoms with E-state index in [-0.39, 0.29) is 16.5 Å². The summed E-state index contributed by atoms with van der Waals surface area (Å²) in [6.45, 7) is 0. The number of ether oxygens (including phenoxy) is 1. The molecule has 2 N–H and O–H groups in total. The van der Waals surface area contributed by atoms with Crippen LogP contribution < -0.4 is 5.73 Å². The minimum absolute atomic E-state index is 0.0914. The summed E-state index contributed by atoms with van der Waals surface area (Å²) in [6, 6.07) is 4.68. The zero-order valence-corrected chi connectivity index (χ0v) is 9.93. The van der Waals surface area contributed by atoms with E-state index in [1.807, 2.05) is 0 Å². The molecule has 0 atom stereocenters. The monoisotopic (exact) mass is 279 g/mol. The lowest BCUT2D eigenvalue weighted by atomic mass is 10.3. The lowest BCUT2D eigenvalue weighted by molar-refractivity contribution is 0.250. The van der Waals surface area contributed by atoms with Crippen LogP contribution in [0, 0.1) is 0 Å². The number of methoxy groups -OCH3 is 1. The second kappa shape index (κ2) is 4.29. The van der Waals surface area contributed by atoms with E-state index in [2.05, 4.69) is 20.7 Å². The van der Waals surface area contributed by atoms with Crippen molar-refractivity contribution < 1.29 is 13.2 Å². The predicted molar refractivity (Wildman–Crippen MR) is 57.6 cm³/mol. The highest BCUT2D eigenvalue weighted by molar-refractivity contribution is 9.10. The van der Waals surface area contributed by atoms with Gasteiger partial charge in [-0.15, -0.1) is 0 Å². The topological polar surface area (TPSA) is 69.4 Å². The molecule has 6 heteroatoms. The van der Waals surface area contributed by atoms with E-state index in [1.165, 1.54) is 19.2 Å². The van der Waals surface area contributed by atoms with E-state index in [0.29, 0.717) is 4.47 Å². The van der Waals surface area contributed by atoms with Gasteiger partial charge in [-0.2, -0.15) is 0 Å². The van der Waals surface area contributed by atoms with Crippen molar-refractivity contribution in [1.29, 1.82) is 0 Å². The highest BCUT2D eigenvalue weighted by Crippen LogP contribution is 2.23. The second-order valence-electron chi connectivity index (χ2n) is 2.70. The molecule has 0 spiro atoms. The number of halogens is 1. The van der Waals surface area contributed by atoms with Crippen LogP contribution in [-0.2, 0) is 14.6 Å². The van der Waals surface area contributed by atoms with Gasteiger partial charge >= 0.3 is 0 Å². The fourth-order valence-corrected chi connectivity index (χ4v) is 2.68. The standard InChI is InChI=1S/C8H10BrNO3S/c1-13-5-14(11,12)8-4-6(9)2-3-7(8)10/h2-4H,5,10H2,1H3. The average Bonchev–Trinajstić information content (AvgIpc) is 2.09. The van der Waals surface area contributed by atoms with E-state index < -0.39 is 9.84 Å². The van der Waals surface area contributed by atoms with E-state index in [0.717, 1.165) is 0 Å². The molecule has 0 aliphatic carbocycles. The third-order valence-corrected chi connectivity index (χ3v) is 3.65. The van der Waals surface area contributed by atoms with E-state index in [1.54, 1.807) is 6.07 Å². The molecular formula is C8H10BrNO3S. The summed E-state index contributed by atoms with van der Waals surface area (Å²) in [4.78, 5) is 0.0914. The van der Waals surface area contributed by atoms with Crippen molar-refractivity contribution in [3.8, 4) is 0 Å². The summed E-state index contributed by atoms with van der Waals surface area (Å²) >= 11 is 3.18. The molecule has 1 aromatic rings. The van der Waals surface area contributed by atoms with Gasteiger partial charge in [0.1, 0.15) is 0 Å². The van der Waals surface area contributed by atoms with Gasteiger partial charge in [0.25, 0.3) is 0 Å². The maximum atomic E-state index is 11.6. The van der Waals surface area contributed by atoms with Crippen molar-refractivity contribution in [1.82, 2.24) is 0 Å². The van der Waals surface area contributed by atoms with Gasteiger partial charge in [0.05, 0.1) is 10.6 Å². The fraction of sp³-hybridized carbons (Fsp3) is 0.250. The number of sulfone groups is 1. The Labute approximate surface area is 91.1 Å². The number of hydrogen-bond donors (Lipinski definition) is 1. The smallest absolute Gasteiger partial charge is 0.204 e. The Kier molecular flexibility index (Phi) is 3.52. The summed E-state index contributed by atoms with van der Waals surface area (Å²) in [7, 11) is -2.12. The first-order valence-electron chi connectivity index (χ1n) is 3.74. The van der Waals surface area contributed by atoms with Gasteiger partial charge in [0.2, 0.25) is 9.84 Å². The van der Waals surface area contributed by atoms with E-state index >= 15 is 0 Å². The van der Waals surface area contributed by atoms with Crippen LogP contribution in [0.1, 0.15) is 0 Å². The Morgan fingerprint density at radius 3 is 2.71 bits per heavy atom. The van der Waals surface area contributed by atoms with Crippen molar-refractivity contribution in [2.45, 2.75) is 4.90 Å². The first-order valence-corrected chi connectivity index (χ1v) is 6.18. The third kappa shape index (κ3) is 2.46. The van der Waals surface area contributed by atoms with Crippen LogP contribution in [0.15, 0.2) is 27.6 Å². The molecule has 1 rings (SSSR count). The second-order valence-corrected chi connectivity index (χ2v) is 5.52. The van der Waals surface area contributed by atoms with Crippen LogP contribution in [0.5, 0.6) is 0 Å². The van der Waals surface area contributed by atoms with Gasteiger partial charge < -0.3 is 10.5 Å². The normalized spacial score (nSPS) is 11.6. The highest BCUT2D eigenvalue weighted by atomic mass is 79.9. The van der Waals surface area contributed by atoms with Gasteiger partial charge in [-0.05, 0) is 18.2 Å². The van der Waals surface area contributed by atoms with Crippen LogP contribution >= 0.6 is 15.9 Å². The van der Waals surface area contributed by atoms with Crippen molar-refractivity contribution >= 4 is 31.5 Å². The summed E-state index contributed by atoms with van der Waals surface area (Å²) in [5, 5.41) is 0. The molecular weight excluding hydrogens is 270 g/mol. The van der Waals surface area contributed by atoms with Crippen LogP contribution in [0.2, 0.25) is 0 Å².